The number of hydrogen-bond acceptors (Lipinski definition) is 3. The van der Waals surface area contributed by atoms with Gasteiger partial charge in [0.1, 0.15) is 0 Å². The molecule has 1 aromatic heterocycles. The van der Waals surface area contributed by atoms with Crippen LogP contribution in [0, 0.1) is 6.92 Å². The summed E-state index contributed by atoms with van der Waals surface area (Å²) in [5.41, 5.74) is 4.20. The molecule has 2 aromatic carbocycles. The van der Waals surface area contributed by atoms with Gasteiger partial charge in [0.2, 0.25) is 5.91 Å². The van der Waals surface area contributed by atoms with Crippen LogP contribution in [-0.4, -0.2) is 33.9 Å². The molecule has 0 unspecified atom stereocenters. The molecule has 0 radical (unpaired) electrons. The Kier molecular flexibility index (Phi) is 4.72. The first-order valence-electron chi connectivity index (χ1n) is 8.21. The molecule has 1 amide bonds. The second-order valence-corrected chi connectivity index (χ2v) is 6.35. The van der Waals surface area contributed by atoms with Crippen molar-refractivity contribution >= 4 is 22.6 Å². The Bertz CT molecular complexity index is 957. The van der Waals surface area contributed by atoms with Crippen molar-refractivity contribution in [2.24, 2.45) is 0 Å². The van der Waals surface area contributed by atoms with Crippen molar-refractivity contribution in [2.45, 2.75) is 26.4 Å². The van der Waals surface area contributed by atoms with Gasteiger partial charge in [-0.25, -0.2) is 4.79 Å². The van der Waals surface area contributed by atoms with E-state index in [1.807, 2.05) is 31.0 Å². The second kappa shape index (κ2) is 6.94. The molecular formula is C19H22N4O2. The molecule has 130 valence electrons. The van der Waals surface area contributed by atoms with E-state index in [-0.39, 0.29) is 17.6 Å². The predicted octanol–water partition coefficient (Wildman–Crippen LogP) is 2.62. The molecule has 0 saturated carbocycles. The topological polar surface area (TPSA) is 81.0 Å². The zero-order valence-corrected chi connectivity index (χ0v) is 14.6. The average Bonchev–Trinajstić information content (AvgIpc) is 2.95. The summed E-state index contributed by atoms with van der Waals surface area (Å²) in [4.78, 5) is 31.2. The number of anilines is 1. The molecule has 0 fully saturated rings. The Morgan fingerprint density at radius 1 is 1.16 bits per heavy atom. The number of nitrogens with zero attached hydrogens (tertiary/aromatic N) is 1. The SMILES string of the molecule is Cc1ccccc1CN(C)[C@@H](C)C(=O)Nc1ccc2[nH]c(=O)[nH]c2c1. The largest absolute Gasteiger partial charge is 0.325 e. The number of benzene rings is 2. The normalized spacial score (nSPS) is 12.5. The van der Waals surface area contributed by atoms with Crippen LogP contribution in [0.2, 0.25) is 0 Å². The maximum absolute atomic E-state index is 12.5. The number of likely N-dealkylation sites (N-methyl/N-ethyl adjacent to an activating group) is 1. The summed E-state index contributed by atoms with van der Waals surface area (Å²) in [5.74, 6) is -0.0895. The number of nitrogens with one attached hydrogen (secondary N) is 3. The number of H-pyrrole nitrogens is 2. The van der Waals surface area contributed by atoms with E-state index in [4.69, 9.17) is 0 Å². The lowest BCUT2D eigenvalue weighted by atomic mass is 10.1. The molecule has 3 aromatic rings. The quantitative estimate of drug-likeness (QED) is 0.669. The summed E-state index contributed by atoms with van der Waals surface area (Å²) in [5, 5.41) is 2.91. The third-order valence-electron chi connectivity index (χ3n) is 4.51. The van der Waals surface area contributed by atoms with Gasteiger partial charge >= 0.3 is 5.69 Å². The van der Waals surface area contributed by atoms with Crippen molar-refractivity contribution in [3.05, 3.63) is 64.1 Å². The summed E-state index contributed by atoms with van der Waals surface area (Å²) in [6.07, 6.45) is 0. The van der Waals surface area contributed by atoms with E-state index in [0.717, 1.165) is 0 Å². The molecule has 0 aliphatic heterocycles. The molecule has 3 N–H and O–H groups in total. The van der Waals surface area contributed by atoms with Crippen molar-refractivity contribution in [3.8, 4) is 0 Å². The average molecular weight is 338 g/mol. The summed E-state index contributed by atoms with van der Waals surface area (Å²) < 4.78 is 0. The molecule has 0 saturated heterocycles. The summed E-state index contributed by atoms with van der Waals surface area (Å²) in [6.45, 7) is 4.65. The molecule has 0 aliphatic carbocycles. The van der Waals surface area contributed by atoms with Crippen LogP contribution in [0.15, 0.2) is 47.3 Å². The fourth-order valence-corrected chi connectivity index (χ4v) is 2.75. The fourth-order valence-electron chi connectivity index (χ4n) is 2.75. The number of imidazole rings is 1. The fraction of sp³-hybridized carbons (Fsp3) is 0.263. The van der Waals surface area contributed by atoms with E-state index < -0.39 is 0 Å². The summed E-state index contributed by atoms with van der Waals surface area (Å²) in [7, 11) is 1.93. The number of aryl methyl sites for hydroxylation is 1. The Morgan fingerprint density at radius 3 is 2.64 bits per heavy atom. The monoisotopic (exact) mass is 338 g/mol. The lowest BCUT2D eigenvalue weighted by Gasteiger charge is -2.24. The molecular weight excluding hydrogens is 316 g/mol. The molecule has 25 heavy (non-hydrogen) atoms. The maximum atomic E-state index is 12.5. The maximum Gasteiger partial charge on any atom is 0.323 e. The Labute approximate surface area is 145 Å². The smallest absolute Gasteiger partial charge is 0.323 e. The van der Waals surface area contributed by atoms with E-state index in [9.17, 15) is 9.59 Å². The van der Waals surface area contributed by atoms with Gasteiger partial charge in [-0.3, -0.25) is 9.69 Å². The van der Waals surface area contributed by atoms with Gasteiger partial charge in [0.05, 0.1) is 17.1 Å². The minimum atomic E-state index is -0.291. The van der Waals surface area contributed by atoms with Crippen LogP contribution < -0.4 is 11.0 Å². The third kappa shape index (κ3) is 3.80. The highest BCUT2D eigenvalue weighted by Gasteiger charge is 2.19. The number of carbonyl (C=O) groups excluding carboxylic acids is 1. The number of hydrogen-bond donors (Lipinski definition) is 3. The van der Waals surface area contributed by atoms with Gasteiger partial charge in [0, 0.05) is 12.2 Å². The van der Waals surface area contributed by atoms with Gasteiger partial charge in [-0.2, -0.15) is 0 Å². The van der Waals surface area contributed by atoms with Crippen molar-refractivity contribution in [3.63, 3.8) is 0 Å². The third-order valence-corrected chi connectivity index (χ3v) is 4.51. The number of aromatic nitrogens is 2. The lowest BCUT2D eigenvalue weighted by Crippen LogP contribution is -2.39. The van der Waals surface area contributed by atoms with E-state index in [1.54, 1.807) is 18.2 Å². The summed E-state index contributed by atoms with van der Waals surface area (Å²) >= 11 is 0. The molecule has 1 heterocycles. The number of rotatable bonds is 5. The van der Waals surface area contributed by atoms with Crippen molar-refractivity contribution < 1.29 is 4.79 Å². The van der Waals surface area contributed by atoms with Crippen LogP contribution in [0.3, 0.4) is 0 Å². The van der Waals surface area contributed by atoms with Crippen LogP contribution in [-0.2, 0) is 11.3 Å². The molecule has 6 nitrogen and oxygen atoms in total. The van der Waals surface area contributed by atoms with Crippen LogP contribution >= 0.6 is 0 Å². The van der Waals surface area contributed by atoms with Crippen molar-refractivity contribution in [2.75, 3.05) is 12.4 Å². The van der Waals surface area contributed by atoms with Crippen molar-refractivity contribution in [1.82, 2.24) is 14.9 Å². The minimum absolute atomic E-state index is 0.0895. The predicted molar refractivity (Wildman–Crippen MR) is 99.7 cm³/mol. The van der Waals surface area contributed by atoms with E-state index >= 15 is 0 Å². The van der Waals surface area contributed by atoms with E-state index in [2.05, 4.69) is 34.3 Å². The number of amides is 1. The number of carbonyl (C=O) groups is 1. The first kappa shape index (κ1) is 17.0. The zero-order valence-electron chi connectivity index (χ0n) is 14.6. The van der Waals surface area contributed by atoms with E-state index in [1.165, 1.54) is 11.1 Å². The van der Waals surface area contributed by atoms with Crippen LogP contribution in [0.5, 0.6) is 0 Å². The van der Waals surface area contributed by atoms with Crippen LogP contribution in [0.4, 0.5) is 5.69 Å². The Hall–Kier alpha value is -2.86. The minimum Gasteiger partial charge on any atom is -0.325 e. The standard InChI is InChI=1S/C19H22N4O2/c1-12-6-4-5-7-14(12)11-23(3)13(2)18(24)20-15-8-9-16-17(10-15)22-19(25)21-16/h4-10,13H,11H2,1-3H3,(H,20,24)(H2,21,22,25)/t13-/m0/s1. The van der Waals surface area contributed by atoms with Gasteiger partial charge in [0.25, 0.3) is 0 Å². The van der Waals surface area contributed by atoms with Gasteiger partial charge in [-0.05, 0) is 50.2 Å². The molecule has 6 heteroatoms. The highest BCUT2D eigenvalue weighted by molar-refractivity contribution is 5.96. The van der Waals surface area contributed by atoms with Gasteiger partial charge < -0.3 is 15.3 Å². The van der Waals surface area contributed by atoms with Crippen molar-refractivity contribution in [1.29, 1.82) is 0 Å². The summed E-state index contributed by atoms with van der Waals surface area (Å²) in [6, 6.07) is 13.2. The van der Waals surface area contributed by atoms with E-state index in [0.29, 0.717) is 23.3 Å². The molecule has 3 rings (SSSR count). The molecule has 0 aliphatic rings. The Morgan fingerprint density at radius 2 is 1.88 bits per heavy atom. The first-order chi connectivity index (χ1) is 11.9. The molecule has 0 bridgehead atoms. The number of aromatic amines is 2. The lowest BCUT2D eigenvalue weighted by molar-refractivity contribution is -0.120. The zero-order chi connectivity index (χ0) is 18.0. The number of fused-ring (bicyclic) bond motifs is 1. The van der Waals surface area contributed by atoms with Gasteiger partial charge in [-0.15, -0.1) is 0 Å². The highest BCUT2D eigenvalue weighted by Crippen LogP contribution is 2.16. The van der Waals surface area contributed by atoms with Crippen LogP contribution in [0.1, 0.15) is 18.1 Å². The Balaban J connectivity index is 1.68. The second-order valence-electron chi connectivity index (χ2n) is 6.35. The van der Waals surface area contributed by atoms with Gasteiger partial charge in [0.15, 0.2) is 0 Å². The molecule has 0 spiro atoms. The van der Waals surface area contributed by atoms with Crippen LogP contribution in [0.25, 0.3) is 11.0 Å². The van der Waals surface area contributed by atoms with Gasteiger partial charge in [-0.1, -0.05) is 24.3 Å². The molecule has 1 atom stereocenters. The first-order valence-corrected chi connectivity index (χ1v) is 8.21. The highest BCUT2D eigenvalue weighted by atomic mass is 16.2.